The van der Waals surface area contributed by atoms with Gasteiger partial charge in [0, 0.05) is 5.69 Å². The molecule has 0 saturated carbocycles. The van der Waals surface area contributed by atoms with Crippen LogP contribution in [0.5, 0.6) is 0 Å². The second kappa shape index (κ2) is 3.75. The van der Waals surface area contributed by atoms with Crippen molar-refractivity contribution >= 4 is 0 Å². The molecule has 1 heterocycles. The highest BCUT2D eigenvalue weighted by Crippen LogP contribution is 2.25. The van der Waals surface area contributed by atoms with E-state index in [0.29, 0.717) is 12.3 Å². The molecule has 1 aliphatic rings. The molecule has 0 radical (unpaired) electrons. The molecule has 14 heavy (non-hydrogen) atoms. The first-order valence-corrected chi connectivity index (χ1v) is 5.00. The number of hydrogen-bond donors (Lipinski definition) is 0. The Morgan fingerprint density at radius 1 is 1.57 bits per heavy atom. The van der Waals surface area contributed by atoms with Gasteiger partial charge in [-0.3, -0.25) is 0 Å². The average molecular weight is 187 g/mol. The first kappa shape index (κ1) is 9.14. The van der Waals surface area contributed by atoms with Crippen molar-refractivity contribution in [3.05, 3.63) is 23.3 Å². The van der Waals surface area contributed by atoms with E-state index in [-0.39, 0.29) is 0 Å². The molecule has 0 N–H and O–H groups in total. The number of nitrogens with zero attached hydrogens (tertiary/aromatic N) is 3. The molecule has 72 valence electrons. The van der Waals surface area contributed by atoms with Gasteiger partial charge in [-0.2, -0.15) is 5.26 Å². The molecular weight excluding hydrogens is 174 g/mol. The Balaban J connectivity index is 2.39. The lowest BCUT2D eigenvalue weighted by atomic mass is 9.86. The molecule has 1 atom stereocenters. The standard InChI is InChI=1S/C11H13N3/c1-8-2-3-10-9(6-8)11(4-5-12)14-7-13-10/h7-8H,2-4,6H2,1H3. The summed E-state index contributed by atoms with van der Waals surface area (Å²) < 4.78 is 0. The SMILES string of the molecule is CC1CCc2ncnc(CC#N)c2C1. The second-order valence-electron chi connectivity index (χ2n) is 3.93. The van der Waals surface area contributed by atoms with E-state index in [1.165, 1.54) is 12.0 Å². The smallest absolute Gasteiger partial charge is 0.115 e. The van der Waals surface area contributed by atoms with Crippen molar-refractivity contribution in [3.63, 3.8) is 0 Å². The minimum absolute atomic E-state index is 0.414. The molecule has 0 spiro atoms. The van der Waals surface area contributed by atoms with Crippen LogP contribution < -0.4 is 0 Å². The Hall–Kier alpha value is -1.43. The lowest BCUT2D eigenvalue weighted by Gasteiger charge is -2.21. The minimum atomic E-state index is 0.414. The van der Waals surface area contributed by atoms with Gasteiger partial charge in [0.25, 0.3) is 0 Å². The summed E-state index contributed by atoms with van der Waals surface area (Å²) in [5.41, 5.74) is 3.32. The van der Waals surface area contributed by atoms with Crippen molar-refractivity contribution in [1.29, 1.82) is 5.26 Å². The van der Waals surface area contributed by atoms with Gasteiger partial charge in [-0.25, -0.2) is 9.97 Å². The molecular formula is C11H13N3. The number of aromatic nitrogens is 2. The van der Waals surface area contributed by atoms with Gasteiger partial charge in [-0.05, 0) is 30.7 Å². The molecule has 0 bridgehead atoms. The zero-order valence-electron chi connectivity index (χ0n) is 8.32. The summed E-state index contributed by atoms with van der Waals surface area (Å²) in [5.74, 6) is 0.700. The van der Waals surface area contributed by atoms with Crippen LogP contribution in [0.15, 0.2) is 6.33 Å². The third-order valence-electron chi connectivity index (χ3n) is 2.80. The van der Waals surface area contributed by atoms with E-state index in [4.69, 9.17) is 5.26 Å². The van der Waals surface area contributed by atoms with Gasteiger partial charge in [0.15, 0.2) is 0 Å². The fraction of sp³-hybridized carbons (Fsp3) is 0.545. The molecule has 0 fully saturated rings. The lowest BCUT2D eigenvalue weighted by Crippen LogP contribution is -2.16. The summed E-state index contributed by atoms with van der Waals surface area (Å²) in [5, 5.41) is 8.68. The lowest BCUT2D eigenvalue weighted by molar-refractivity contribution is 0.489. The van der Waals surface area contributed by atoms with Crippen LogP contribution in [0.3, 0.4) is 0 Å². The van der Waals surface area contributed by atoms with Crippen LogP contribution in [-0.2, 0) is 19.3 Å². The quantitative estimate of drug-likeness (QED) is 0.672. The predicted molar refractivity (Wildman–Crippen MR) is 52.5 cm³/mol. The third-order valence-corrected chi connectivity index (χ3v) is 2.80. The fourth-order valence-electron chi connectivity index (χ4n) is 2.00. The summed E-state index contributed by atoms with van der Waals surface area (Å²) in [7, 11) is 0. The van der Waals surface area contributed by atoms with Crippen LogP contribution in [0.4, 0.5) is 0 Å². The summed E-state index contributed by atoms with van der Waals surface area (Å²) in [6.45, 7) is 2.24. The van der Waals surface area contributed by atoms with E-state index in [9.17, 15) is 0 Å². The molecule has 3 nitrogen and oxygen atoms in total. The zero-order valence-corrected chi connectivity index (χ0v) is 8.32. The molecule has 3 heteroatoms. The van der Waals surface area contributed by atoms with Crippen LogP contribution >= 0.6 is 0 Å². The third kappa shape index (κ3) is 1.60. The first-order valence-electron chi connectivity index (χ1n) is 5.00. The summed E-state index contributed by atoms with van der Waals surface area (Å²) >= 11 is 0. The maximum absolute atomic E-state index is 8.68. The maximum atomic E-state index is 8.68. The number of rotatable bonds is 1. The molecule has 0 aromatic carbocycles. The van der Waals surface area contributed by atoms with Crippen LogP contribution in [0.1, 0.15) is 30.3 Å². The molecule has 2 rings (SSSR count). The second-order valence-corrected chi connectivity index (χ2v) is 3.93. The van der Waals surface area contributed by atoms with Crippen molar-refractivity contribution in [2.24, 2.45) is 5.92 Å². The average Bonchev–Trinajstić information content (AvgIpc) is 2.19. The van der Waals surface area contributed by atoms with Gasteiger partial charge in [-0.1, -0.05) is 6.92 Å². The van der Waals surface area contributed by atoms with E-state index in [0.717, 1.165) is 24.2 Å². The van der Waals surface area contributed by atoms with Crippen LogP contribution in [-0.4, -0.2) is 9.97 Å². The number of nitriles is 1. The van der Waals surface area contributed by atoms with Crippen molar-refractivity contribution in [2.45, 2.75) is 32.6 Å². The van der Waals surface area contributed by atoms with Gasteiger partial charge in [0.05, 0.1) is 18.2 Å². The highest BCUT2D eigenvalue weighted by atomic mass is 14.8. The molecule has 0 aliphatic heterocycles. The van der Waals surface area contributed by atoms with Crippen molar-refractivity contribution in [3.8, 4) is 6.07 Å². The molecule has 0 saturated heterocycles. The predicted octanol–water partition coefficient (Wildman–Crippen LogP) is 1.67. The Morgan fingerprint density at radius 2 is 2.43 bits per heavy atom. The number of fused-ring (bicyclic) bond motifs is 1. The van der Waals surface area contributed by atoms with Crippen molar-refractivity contribution < 1.29 is 0 Å². The highest BCUT2D eigenvalue weighted by Gasteiger charge is 2.19. The van der Waals surface area contributed by atoms with E-state index >= 15 is 0 Å². The van der Waals surface area contributed by atoms with Crippen LogP contribution in [0.2, 0.25) is 0 Å². The molecule has 0 amide bonds. The van der Waals surface area contributed by atoms with Gasteiger partial charge in [0.1, 0.15) is 6.33 Å². The largest absolute Gasteiger partial charge is 0.241 e. The molecule has 1 aliphatic carbocycles. The van der Waals surface area contributed by atoms with Crippen molar-refractivity contribution in [1.82, 2.24) is 9.97 Å². The summed E-state index contributed by atoms with van der Waals surface area (Å²) in [6.07, 6.45) is 5.28. The Morgan fingerprint density at radius 3 is 3.21 bits per heavy atom. The molecule has 1 aromatic heterocycles. The van der Waals surface area contributed by atoms with Gasteiger partial charge < -0.3 is 0 Å². The minimum Gasteiger partial charge on any atom is -0.241 e. The highest BCUT2D eigenvalue weighted by molar-refractivity contribution is 5.29. The molecule has 1 aromatic rings. The Labute approximate surface area is 83.8 Å². The Bertz CT molecular complexity index is 379. The van der Waals surface area contributed by atoms with E-state index < -0.39 is 0 Å². The monoisotopic (exact) mass is 187 g/mol. The molecule has 1 unspecified atom stereocenters. The van der Waals surface area contributed by atoms with Gasteiger partial charge >= 0.3 is 0 Å². The maximum Gasteiger partial charge on any atom is 0.115 e. The fourth-order valence-corrected chi connectivity index (χ4v) is 2.00. The summed E-state index contributed by atoms with van der Waals surface area (Å²) in [4.78, 5) is 8.46. The number of aryl methyl sites for hydroxylation is 1. The van der Waals surface area contributed by atoms with Crippen LogP contribution in [0, 0.1) is 17.2 Å². The van der Waals surface area contributed by atoms with E-state index in [1.807, 2.05) is 0 Å². The van der Waals surface area contributed by atoms with Crippen molar-refractivity contribution in [2.75, 3.05) is 0 Å². The summed E-state index contributed by atoms with van der Waals surface area (Å²) in [6, 6.07) is 2.16. The first-order chi connectivity index (χ1) is 6.81. The Kier molecular flexibility index (Phi) is 2.45. The normalized spacial score (nSPS) is 19.9. The van der Waals surface area contributed by atoms with Gasteiger partial charge in [-0.15, -0.1) is 0 Å². The van der Waals surface area contributed by atoms with E-state index in [2.05, 4.69) is 23.0 Å². The zero-order chi connectivity index (χ0) is 9.97. The van der Waals surface area contributed by atoms with Gasteiger partial charge in [0.2, 0.25) is 0 Å². The topological polar surface area (TPSA) is 49.6 Å². The van der Waals surface area contributed by atoms with E-state index in [1.54, 1.807) is 6.33 Å². The number of hydrogen-bond acceptors (Lipinski definition) is 3. The van der Waals surface area contributed by atoms with Crippen LogP contribution in [0.25, 0.3) is 0 Å².